The molecule has 0 bridgehead atoms. The quantitative estimate of drug-likeness (QED) is 0.244. The first-order chi connectivity index (χ1) is 13.5. The second-order valence-electron chi connectivity index (χ2n) is 6.35. The Morgan fingerprint density at radius 1 is 1.21 bits per heavy atom. The molecule has 2 aromatic heterocycles. The monoisotopic (exact) mass is 428 g/mol. The van der Waals surface area contributed by atoms with Crippen LogP contribution in [0.5, 0.6) is 0 Å². The number of nitrogen functional groups attached to an aromatic ring is 1. The molecule has 1 aliphatic rings. The zero-order valence-electron chi connectivity index (χ0n) is 15.5. The molecule has 12 heteroatoms. The molecular weight excluding hydrogens is 410 g/mol. The van der Waals surface area contributed by atoms with Gasteiger partial charge in [-0.2, -0.15) is 0 Å². The summed E-state index contributed by atoms with van der Waals surface area (Å²) in [6.45, 7) is -0.345. The Kier molecular flexibility index (Phi) is 7.23. The van der Waals surface area contributed by atoms with E-state index >= 15 is 0 Å². The summed E-state index contributed by atoms with van der Waals surface area (Å²) in [6, 6.07) is 9.46. The number of aliphatic hydroxyl groups is 2. The van der Waals surface area contributed by atoms with E-state index in [1.165, 1.54) is 6.33 Å². The van der Waals surface area contributed by atoms with Crippen molar-refractivity contribution in [1.29, 1.82) is 0 Å². The fourth-order valence-corrected chi connectivity index (χ4v) is 3.65. The van der Waals surface area contributed by atoms with Gasteiger partial charge in [-0.05, 0) is 5.56 Å². The summed E-state index contributed by atoms with van der Waals surface area (Å²) in [4.78, 5) is 27.9. The minimum absolute atomic E-state index is 0. The standard InChI is InChI=1S/C17H18N4O6P.Na/c18-15-12-10(9-4-2-1-3-5-9)6-21(16(12)20-8-19-15)17-14(23)13(22)11(27-17)7-26-28(24)25;/h1-6,8,11,13-14,17,22-24H,7H2,(H2,18,19,20);/q-1;+1. The van der Waals surface area contributed by atoms with Crippen LogP contribution in [0.2, 0.25) is 0 Å². The van der Waals surface area contributed by atoms with Crippen LogP contribution in [-0.2, 0) is 9.26 Å². The van der Waals surface area contributed by atoms with Crippen molar-refractivity contribution in [2.75, 3.05) is 12.3 Å². The van der Waals surface area contributed by atoms with E-state index in [4.69, 9.17) is 15.4 Å². The van der Waals surface area contributed by atoms with E-state index in [-0.39, 0.29) is 42.0 Å². The van der Waals surface area contributed by atoms with Gasteiger partial charge in [-0.15, -0.1) is 0 Å². The average Bonchev–Trinajstić information content (AvgIpc) is 3.20. The van der Waals surface area contributed by atoms with E-state index in [9.17, 15) is 15.1 Å². The molecule has 5 atom stereocenters. The van der Waals surface area contributed by atoms with Gasteiger partial charge in [0.2, 0.25) is 0 Å². The maximum absolute atomic E-state index is 10.8. The number of aliphatic hydroxyl groups excluding tert-OH is 2. The second kappa shape index (κ2) is 9.32. The molecule has 29 heavy (non-hydrogen) atoms. The molecule has 3 aromatic rings. The van der Waals surface area contributed by atoms with Crippen LogP contribution in [0.4, 0.5) is 5.82 Å². The van der Waals surface area contributed by atoms with Crippen LogP contribution in [0, 0.1) is 0 Å². The van der Waals surface area contributed by atoms with Crippen LogP contribution in [0.1, 0.15) is 6.23 Å². The van der Waals surface area contributed by atoms with Crippen LogP contribution in [0.25, 0.3) is 22.2 Å². The maximum Gasteiger partial charge on any atom is 1.00 e. The number of ether oxygens (including phenoxy) is 1. The van der Waals surface area contributed by atoms with Crippen LogP contribution in [0.15, 0.2) is 42.9 Å². The summed E-state index contributed by atoms with van der Waals surface area (Å²) in [5.41, 5.74) is 8.13. The summed E-state index contributed by atoms with van der Waals surface area (Å²) < 4.78 is 11.9. The van der Waals surface area contributed by atoms with E-state index in [2.05, 4.69) is 14.5 Å². The number of fused-ring (bicyclic) bond motifs is 1. The van der Waals surface area contributed by atoms with E-state index in [0.29, 0.717) is 11.0 Å². The topological polar surface area (TPSA) is 159 Å². The van der Waals surface area contributed by atoms with E-state index in [1.807, 2.05) is 30.3 Å². The zero-order chi connectivity index (χ0) is 19.8. The molecule has 148 valence electrons. The van der Waals surface area contributed by atoms with Gasteiger partial charge in [-0.3, -0.25) is 0 Å². The molecule has 0 radical (unpaired) electrons. The molecule has 1 aromatic carbocycles. The minimum atomic E-state index is -2.84. The van der Waals surface area contributed by atoms with Gasteiger partial charge in [0, 0.05) is 11.8 Å². The van der Waals surface area contributed by atoms with Gasteiger partial charge >= 0.3 is 29.6 Å². The fourth-order valence-electron chi connectivity index (χ4n) is 3.37. The predicted octanol–water partition coefficient (Wildman–Crippen LogP) is -3.10. The maximum atomic E-state index is 10.8. The summed E-state index contributed by atoms with van der Waals surface area (Å²) in [5, 5.41) is 21.3. The molecule has 3 heterocycles. The van der Waals surface area contributed by atoms with Gasteiger partial charge in [0.15, 0.2) is 6.23 Å². The van der Waals surface area contributed by atoms with Crippen molar-refractivity contribution in [2.45, 2.75) is 24.5 Å². The van der Waals surface area contributed by atoms with Crippen molar-refractivity contribution in [2.24, 2.45) is 0 Å². The Balaban J connectivity index is 0.00000240. The van der Waals surface area contributed by atoms with E-state index in [0.717, 1.165) is 11.1 Å². The van der Waals surface area contributed by atoms with Crippen LogP contribution >= 0.6 is 8.60 Å². The molecule has 4 rings (SSSR count). The Morgan fingerprint density at radius 3 is 2.62 bits per heavy atom. The predicted molar refractivity (Wildman–Crippen MR) is 98.4 cm³/mol. The number of benzene rings is 1. The first-order valence-corrected chi connectivity index (χ1v) is 9.57. The summed E-state index contributed by atoms with van der Waals surface area (Å²) in [6.07, 6.45) is -1.56. The largest absolute Gasteiger partial charge is 1.00 e. The number of hydrogen-bond donors (Lipinski definition) is 4. The fraction of sp³-hybridized carbons (Fsp3) is 0.294. The molecule has 1 saturated heterocycles. The normalized spacial score (nSPS) is 25.1. The Morgan fingerprint density at radius 2 is 1.93 bits per heavy atom. The van der Waals surface area contributed by atoms with Crippen LogP contribution in [-0.4, -0.2) is 54.6 Å². The van der Waals surface area contributed by atoms with E-state index in [1.54, 1.807) is 10.8 Å². The van der Waals surface area contributed by atoms with E-state index < -0.39 is 33.1 Å². The molecule has 0 spiro atoms. The van der Waals surface area contributed by atoms with Crippen molar-refractivity contribution in [3.05, 3.63) is 42.9 Å². The molecule has 1 fully saturated rings. The zero-order valence-corrected chi connectivity index (χ0v) is 18.4. The number of rotatable bonds is 5. The molecule has 0 saturated carbocycles. The summed E-state index contributed by atoms with van der Waals surface area (Å²) >= 11 is 0. The molecule has 1 aliphatic heterocycles. The van der Waals surface area contributed by atoms with Crippen LogP contribution < -0.4 is 40.2 Å². The summed E-state index contributed by atoms with van der Waals surface area (Å²) in [7, 11) is -2.84. The van der Waals surface area contributed by atoms with Gasteiger partial charge in [0.25, 0.3) is 0 Å². The van der Waals surface area contributed by atoms with Crippen molar-refractivity contribution in [3.8, 4) is 11.1 Å². The van der Waals surface area contributed by atoms with Crippen molar-refractivity contribution < 1.29 is 58.8 Å². The molecule has 5 unspecified atom stereocenters. The number of hydrogen-bond acceptors (Lipinski definition) is 9. The number of nitrogens with zero attached hydrogens (tertiary/aromatic N) is 3. The SMILES string of the molecule is Nc1ncnc2c1c(-c1ccccc1)cn2C1OC(COP([O-])O)C(O)C1O.[Na+]. The molecule has 5 N–H and O–H groups in total. The van der Waals surface area contributed by atoms with Gasteiger partial charge in [0.05, 0.1) is 20.6 Å². The number of nitrogens with two attached hydrogens (primary N) is 1. The third-order valence-corrected chi connectivity index (χ3v) is 5.05. The second-order valence-corrected chi connectivity index (χ2v) is 7.09. The first-order valence-electron chi connectivity index (χ1n) is 8.44. The third kappa shape index (κ3) is 4.33. The molecule has 10 nitrogen and oxygen atoms in total. The smallest absolute Gasteiger partial charge is 0.786 e. The molecule has 0 amide bonds. The van der Waals surface area contributed by atoms with Crippen molar-refractivity contribution in [1.82, 2.24) is 14.5 Å². The number of anilines is 1. The first kappa shape index (κ1) is 22.5. The van der Waals surface area contributed by atoms with Crippen molar-refractivity contribution >= 4 is 25.5 Å². The minimum Gasteiger partial charge on any atom is -0.786 e. The van der Waals surface area contributed by atoms with Crippen molar-refractivity contribution in [3.63, 3.8) is 0 Å². The third-order valence-electron chi connectivity index (χ3n) is 4.68. The molecular formula is C17H18N4NaO6P. The van der Waals surface area contributed by atoms with Gasteiger partial charge in [-0.25, -0.2) is 9.97 Å². The Labute approximate surface area is 189 Å². The Hall–Kier alpha value is -1.17. The van der Waals surface area contributed by atoms with Gasteiger partial charge < -0.3 is 39.6 Å². The molecule has 0 aliphatic carbocycles. The van der Waals surface area contributed by atoms with Crippen LogP contribution in [0.3, 0.4) is 0 Å². The van der Waals surface area contributed by atoms with Gasteiger partial charge in [-0.1, -0.05) is 30.3 Å². The van der Waals surface area contributed by atoms with Gasteiger partial charge in [0.1, 0.15) is 36.1 Å². The summed E-state index contributed by atoms with van der Waals surface area (Å²) in [5.74, 6) is 0.271. The Bertz CT molecular complexity index is 975. The number of aromatic nitrogens is 3. The average molecular weight is 428 g/mol.